The summed E-state index contributed by atoms with van der Waals surface area (Å²) < 4.78 is 22.1. The van der Waals surface area contributed by atoms with Gasteiger partial charge in [-0.3, -0.25) is 9.13 Å². The van der Waals surface area contributed by atoms with E-state index in [-0.39, 0.29) is 43.6 Å². The van der Waals surface area contributed by atoms with Gasteiger partial charge in [-0.25, -0.2) is 0 Å². The molecule has 8 nitrogen and oxygen atoms in total. The predicted octanol–water partition coefficient (Wildman–Crippen LogP) is -2.34. The SMILES string of the molecule is CCCCC(C)NCCC(O)(P(=O)(O)O)P(=O)(O)O.[H-].[Na+]. The predicted molar refractivity (Wildman–Crippen MR) is 71.8 cm³/mol. The van der Waals surface area contributed by atoms with Crippen molar-refractivity contribution in [3.63, 3.8) is 0 Å². The van der Waals surface area contributed by atoms with E-state index >= 15 is 0 Å². The van der Waals surface area contributed by atoms with Gasteiger partial charge in [0.05, 0.1) is 0 Å². The van der Waals surface area contributed by atoms with Crippen LogP contribution in [0.3, 0.4) is 0 Å². The van der Waals surface area contributed by atoms with E-state index in [4.69, 9.17) is 19.6 Å². The molecule has 0 spiro atoms. The second-order valence-electron chi connectivity index (χ2n) is 4.61. The van der Waals surface area contributed by atoms with Gasteiger partial charge in [0.1, 0.15) is 0 Å². The normalized spacial score (nSPS) is 14.8. The van der Waals surface area contributed by atoms with Crippen LogP contribution in [0.25, 0.3) is 0 Å². The van der Waals surface area contributed by atoms with Gasteiger partial charge in [0.15, 0.2) is 0 Å². The third-order valence-electron chi connectivity index (χ3n) is 2.88. The van der Waals surface area contributed by atoms with E-state index in [1.807, 2.05) is 13.8 Å². The molecule has 0 aliphatic heterocycles. The van der Waals surface area contributed by atoms with Gasteiger partial charge in [-0.15, -0.1) is 0 Å². The van der Waals surface area contributed by atoms with Gasteiger partial charge in [-0.2, -0.15) is 0 Å². The maximum absolute atomic E-state index is 11.1. The smallest absolute Gasteiger partial charge is 1.00 e. The average Bonchev–Trinajstić information content (AvgIpc) is 2.22. The Kier molecular flexibility index (Phi) is 11.0. The zero-order valence-electron chi connectivity index (χ0n) is 13.1. The van der Waals surface area contributed by atoms with E-state index in [9.17, 15) is 14.2 Å². The van der Waals surface area contributed by atoms with Gasteiger partial charge >= 0.3 is 44.7 Å². The molecule has 0 saturated heterocycles. The molecule has 11 heteroatoms. The maximum atomic E-state index is 11.1. The van der Waals surface area contributed by atoms with Gasteiger partial charge in [-0.05, 0) is 19.9 Å². The van der Waals surface area contributed by atoms with Gasteiger partial charge in [-0.1, -0.05) is 19.8 Å². The molecule has 0 rings (SSSR count). The first-order valence-corrected chi connectivity index (χ1v) is 9.25. The van der Waals surface area contributed by atoms with Crippen LogP contribution in [0.2, 0.25) is 0 Å². The minimum absolute atomic E-state index is 0. The summed E-state index contributed by atoms with van der Waals surface area (Å²) in [5.41, 5.74) is 0. The number of aliphatic hydroxyl groups is 1. The summed E-state index contributed by atoms with van der Waals surface area (Å²) in [4.78, 5) is 35.7. The van der Waals surface area contributed by atoms with Crippen molar-refractivity contribution in [1.82, 2.24) is 5.32 Å². The van der Waals surface area contributed by atoms with Crippen molar-refractivity contribution in [2.45, 2.75) is 50.7 Å². The maximum Gasteiger partial charge on any atom is 1.00 e. The van der Waals surface area contributed by atoms with Gasteiger partial charge < -0.3 is 31.4 Å². The number of hydrogen-bond acceptors (Lipinski definition) is 4. The van der Waals surface area contributed by atoms with E-state index in [1.54, 1.807) is 0 Å². The van der Waals surface area contributed by atoms with Crippen LogP contribution in [0.15, 0.2) is 0 Å². The molecular formula is C9H24NNaO7P2. The van der Waals surface area contributed by atoms with Crippen molar-refractivity contribution in [1.29, 1.82) is 0 Å². The second-order valence-corrected chi connectivity index (χ2v) is 8.62. The summed E-state index contributed by atoms with van der Waals surface area (Å²) in [6.45, 7) is 3.77. The quantitative estimate of drug-likeness (QED) is 0.202. The molecule has 0 aromatic heterocycles. The largest absolute Gasteiger partial charge is 1.00 e. The van der Waals surface area contributed by atoms with E-state index in [1.165, 1.54) is 0 Å². The van der Waals surface area contributed by atoms with E-state index in [0.717, 1.165) is 19.3 Å². The molecule has 0 aromatic rings. The van der Waals surface area contributed by atoms with Crippen LogP contribution in [0.4, 0.5) is 0 Å². The zero-order valence-corrected chi connectivity index (χ0v) is 15.8. The van der Waals surface area contributed by atoms with Gasteiger partial charge in [0.25, 0.3) is 5.08 Å². The molecule has 0 heterocycles. The van der Waals surface area contributed by atoms with Crippen molar-refractivity contribution in [3.8, 4) is 0 Å². The summed E-state index contributed by atoms with van der Waals surface area (Å²) in [7, 11) is -10.7. The standard InChI is InChI=1S/C9H23NO7P2.Na.H/c1-3-4-5-8(2)10-7-6-9(11,18(12,13)14)19(15,16)17;;/h8,10-11H,3-7H2,1-2H3,(H2,12,13,14)(H2,15,16,17);;/q;+1;-1. The third-order valence-corrected chi connectivity index (χ3v) is 6.75. The molecule has 1 atom stereocenters. The molecule has 1 unspecified atom stereocenters. The van der Waals surface area contributed by atoms with Gasteiger partial charge in [0, 0.05) is 12.5 Å². The van der Waals surface area contributed by atoms with Crippen LogP contribution in [-0.4, -0.2) is 42.3 Å². The van der Waals surface area contributed by atoms with Crippen molar-refractivity contribution < 1.29 is 64.8 Å². The molecule has 0 bridgehead atoms. The first-order chi connectivity index (χ1) is 8.45. The fourth-order valence-corrected chi connectivity index (χ4v) is 3.72. The Bertz CT molecular complexity index is 353. The Labute approximate surface area is 142 Å². The number of nitrogens with one attached hydrogen (secondary N) is 1. The van der Waals surface area contributed by atoms with Crippen LogP contribution in [0.1, 0.15) is 41.0 Å². The van der Waals surface area contributed by atoms with Crippen molar-refractivity contribution >= 4 is 15.2 Å². The molecule has 0 amide bonds. The topological polar surface area (TPSA) is 147 Å². The Hall–Kier alpha value is 1.22. The molecular weight excluding hydrogens is 319 g/mol. The molecule has 0 aliphatic carbocycles. The van der Waals surface area contributed by atoms with E-state index in [0.29, 0.717) is 0 Å². The van der Waals surface area contributed by atoms with Crippen molar-refractivity contribution in [2.24, 2.45) is 0 Å². The fraction of sp³-hybridized carbons (Fsp3) is 1.00. The molecule has 20 heavy (non-hydrogen) atoms. The third kappa shape index (κ3) is 6.99. The number of hydrogen-bond donors (Lipinski definition) is 6. The molecule has 118 valence electrons. The van der Waals surface area contributed by atoms with E-state index < -0.39 is 26.7 Å². The molecule has 0 fully saturated rings. The Morgan fingerprint density at radius 1 is 1.20 bits per heavy atom. The average molecular weight is 343 g/mol. The van der Waals surface area contributed by atoms with Gasteiger partial charge in [0.2, 0.25) is 0 Å². The Morgan fingerprint density at radius 2 is 1.65 bits per heavy atom. The number of rotatable bonds is 9. The Balaban J connectivity index is -0.00000162. The van der Waals surface area contributed by atoms with Crippen LogP contribution in [0.5, 0.6) is 0 Å². The van der Waals surface area contributed by atoms with Crippen LogP contribution in [-0.2, 0) is 9.13 Å². The van der Waals surface area contributed by atoms with Crippen molar-refractivity contribution in [3.05, 3.63) is 0 Å². The molecule has 0 aliphatic rings. The number of unbranched alkanes of at least 4 members (excludes halogenated alkanes) is 1. The fourth-order valence-electron chi connectivity index (χ4n) is 1.56. The summed E-state index contributed by atoms with van der Waals surface area (Å²) in [5.74, 6) is 0. The van der Waals surface area contributed by atoms with Crippen LogP contribution < -0.4 is 34.9 Å². The first kappa shape index (κ1) is 23.5. The molecule has 0 radical (unpaired) electrons. The van der Waals surface area contributed by atoms with Crippen molar-refractivity contribution in [2.75, 3.05) is 6.54 Å². The second kappa shape index (κ2) is 9.38. The van der Waals surface area contributed by atoms with E-state index in [2.05, 4.69) is 5.32 Å². The monoisotopic (exact) mass is 343 g/mol. The molecule has 0 aromatic carbocycles. The summed E-state index contributed by atoms with van der Waals surface area (Å²) >= 11 is 0. The summed E-state index contributed by atoms with van der Waals surface area (Å²) in [6.07, 6.45) is 2.08. The van der Waals surface area contributed by atoms with Crippen LogP contribution in [0, 0.1) is 0 Å². The molecule has 6 N–H and O–H groups in total. The molecule has 0 saturated carbocycles. The minimum Gasteiger partial charge on any atom is -1.00 e. The zero-order chi connectivity index (χ0) is 15.3. The minimum atomic E-state index is -5.34. The first-order valence-electron chi connectivity index (χ1n) is 6.02. The van der Waals surface area contributed by atoms with Crippen LogP contribution >= 0.6 is 15.2 Å². The summed E-state index contributed by atoms with van der Waals surface area (Å²) in [6, 6.07) is 0.0396. The Morgan fingerprint density at radius 3 is 2.00 bits per heavy atom. The summed E-state index contributed by atoms with van der Waals surface area (Å²) in [5, 5.41) is 9.16.